The van der Waals surface area contributed by atoms with Gasteiger partial charge in [-0.25, -0.2) is 4.79 Å². The van der Waals surface area contributed by atoms with Crippen LogP contribution in [-0.2, 0) is 16.6 Å². The van der Waals surface area contributed by atoms with Crippen molar-refractivity contribution >= 4 is 6.09 Å². The number of nitrogens with zero attached hydrogens (tertiary/aromatic N) is 1. The molecule has 2 aliphatic rings. The second-order valence-electron chi connectivity index (χ2n) is 5.90. The molecule has 1 fully saturated rings. The number of ether oxygens (including phenoxy) is 1. The van der Waals surface area contributed by atoms with E-state index in [1.165, 1.54) is 16.0 Å². The predicted molar refractivity (Wildman–Crippen MR) is 80.6 cm³/mol. The number of fused-ring (bicyclic) bond motifs is 2. The van der Waals surface area contributed by atoms with E-state index >= 15 is 0 Å². The molecule has 0 aromatic heterocycles. The molecule has 1 amide bonds. The quantitative estimate of drug-likeness (QED) is 0.870. The molecular weight excluding hydrogens is 266 g/mol. The average Bonchev–Trinajstić information content (AvgIpc) is 2.80. The van der Waals surface area contributed by atoms with Crippen molar-refractivity contribution in [1.82, 2.24) is 4.90 Å². The van der Waals surface area contributed by atoms with E-state index < -0.39 is 6.09 Å². The molecule has 21 heavy (non-hydrogen) atoms. The van der Waals surface area contributed by atoms with Crippen LogP contribution < -0.4 is 0 Å². The molecule has 1 aliphatic heterocycles. The second kappa shape index (κ2) is 5.53. The first-order valence-electron chi connectivity index (χ1n) is 7.46. The summed E-state index contributed by atoms with van der Waals surface area (Å²) in [6, 6.07) is 8.48. The van der Waals surface area contributed by atoms with E-state index in [0.29, 0.717) is 19.7 Å². The molecule has 1 aromatic carbocycles. The van der Waals surface area contributed by atoms with Gasteiger partial charge in [-0.15, -0.1) is 6.58 Å². The number of benzene rings is 1. The summed E-state index contributed by atoms with van der Waals surface area (Å²) >= 11 is 0. The SMILES string of the molecule is C=CCO[C@H]1Cc2ccccc2C12CCN(C(=O)O)CC2. The average molecular weight is 287 g/mol. The summed E-state index contributed by atoms with van der Waals surface area (Å²) in [5.41, 5.74) is 2.66. The lowest BCUT2D eigenvalue weighted by atomic mass is 9.72. The van der Waals surface area contributed by atoms with Crippen LogP contribution in [0.4, 0.5) is 4.79 Å². The zero-order valence-corrected chi connectivity index (χ0v) is 12.1. The van der Waals surface area contributed by atoms with E-state index in [9.17, 15) is 4.79 Å². The van der Waals surface area contributed by atoms with Crippen LogP contribution in [0.5, 0.6) is 0 Å². The number of likely N-dealkylation sites (tertiary alicyclic amines) is 1. The van der Waals surface area contributed by atoms with Crippen LogP contribution >= 0.6 is 0 Å². The van der Waals surface area contributed by atoms with Gasteiger partial charge in [0.15, 0.2) is 0 Å². The lowest BCUT2D eigenvalue weighted by molar-refractivity contribution is -0.00500. The Kier molecular flexibility index (Phi) is 3.72. The lowest BCUT2D eigenvalue weighted by Crippen LogP contribution is -2.49. The van der Waals surface area contributed by atoms with E-state index in [2.05, 4.69) is 30.8 Å². The van der Waals surface area contributed by atoms with E-state index in [1.807, 2.05) is 0 Å². The fourth-order valence-electron chi connectivity index (χ4n) is 3.84. The van der Waals surface area contributed by atoms with Gasteiger partial charge in [0.1, 0.15) is 0 Å². The molecule has 1 aromatic rings. The summed E-state index contributed by atoms with van der Waals surface area (Å²) < 4.78 is 6.04. The molecule has 0 saturated carbocycles. The Morgan fingerprint density at radius 3 is 2.81 bits per heavy atom. The number of rotatable bonds is 3. The number of carbonyl (C=O) groups is 1. The number of amides is 1. The molecule has 4 heteroatoms. The molecule has 0 radical (unpaired) electrons. The molecule has 1 heterocycles. The molecule has 0 unspecified atom stereocenters. The molecule has 3 rings (SSSR count). The van der Waals surface area contributed by atoms with E-state index in [1.54, 1.807) is 6.08 Å². The Hall–Kier alpha value is -1.81. The van der Waals surface area contributed by atoms with Gasteiger partial charge in [-0.1, -0.05) is 30.3 Å². The molecule has 0 bridgehead atoms. The fraction of sp³-hybridized carbons (Fsp3) is 0.471. The molecule has 1 saturated heterocycles. The van der Waals surface area contributed by atoms with Crippen LogP contribution in [0.25, 0.3) is 0 Å². The lowest BCUT2D eigenvalue weighted by Gasteiger charge is -2.42. The maximum Gasteiger partial charge on any atom is 0.407 e. The van der Waals surface area contributed by atoms with Gasteiger partial charge >= 0.3 is 6.09 Å². The van der Waals surface area contributed by atoms with Crippen LogP contribution in [0, 0.1) is 0 Å². The minimum atomic E-state index is -0.820. The van der Waals surface area contributed by atoms with Gasteiger partial charge in [-0.2, -0.15) is 0 Å². The number of hydrogen-bond donors (Lipinski definition) is 1. The molecule has 4 nitrogen and oxygen atoms in total. The van der Waals surface area contributed by atoms with Crippen molar-refractivity contribution in [3.05, 3.63) is 48.0 Å². The molecule has 112 valence electrons. The van der Waals surface area contributed by atoms with Crippen LogP contribution in [0.15, 0.2) is 36.9 Å². The molecule has 1 aliphatic carbocycles. The Labute approximate surface area is 125 Å². The topological polar surface area (TPSA) is 49.8 Å². The Balaban J connectivity index is 1.88. The number of hydrogen-bond acceptors (Lipinski definition) is 2. The fourth-order valence-corrected chi connectivity index (χ4v) is 3.84. The van der Waals surface area contributed by atoms with Crippen LogP contribution in [-0.4, -0.2) is 41.9 Å². The first kappa shape index (κ1) is 14.1. The minimum Gasteiger partial charge on any atom is -0.465 e. The van der Waals surface area contributed by atoms with Gasteiger partial charge < -0.3 is 14.7 Å². The zero-order valence-electron chi connectivity index (χ0n) is 12.1. The smallest absolute Gasteiger partial charge is 0.407 e. The normalized spacial score (nSPS) is 23.0. The van der Waals surface area contributed by atoms with Crippen molar-refractivity contribution in [1.29, 1.82) is 0 Å². The van der Waals surface area contributed by atoms with Gasteiger partial charge in [0.25, 0.3) is 0 Å². The molecule has 1 atom stereocenters. The standard InChI is InChI=1S/C17H21NO3/c1-2-11-21-15-12-13-5-3-4-6-14(13)17(15)7-9-18(10-8-17)16(19)20/h2-6,15H,1,7-12H2,(H,19,20)/t15-/m0/s1. The monoisotopic (exact) mass is 287 g/mol. The summed E-state index contributed by atoms with van der Waals surface area (Å²) in [6.07, 6.45) is 3.67. The highest BCUT2D eigenvalue weighted by atomic mass is 16.5. The van der Waals surface area contributed by atoms with Gasteiger partial charge in [-0.05, 0) is 30.4 Å². The first-order valence-corrected chi connectivity index (χ1v) is 7.46. The van der Waals surface area contributed by atoms with Crippen molar-refractivity contribution in [2.24, 2.45) is 0 Å². The molecule has 1 N–H and O–H groups in total. The summed E-state index contributed by atoms with van der Waals surface area (Å²) in [6.45, 7) is 5.44. The third-order valence-corrected chi connectivity index (χ3v) is 4.92. The highest BCUT2D eigenvalue weighted by Gasteiger charge is 2.49. The minimum absolute atomic E-state index is 0.0362. The number of carboxylic acid groups (broad SMARTS) is 1. The van der Waals surface area contributed by atoms with Crippen molar-refractivity contribution in [2.75, 3.05) is 19.7 Å². The van der Waals surface area contributed by atoms with Crippen LogP contribution in [0.1, 0.15) is 24.0 Å². The largest absolute Gasteiger partial charge is 0.465 e. The van der Waals surface area contributed by atoms with Gasteiger partial charge in [0.2, 0.25) is 0 Å². The highest BCUT2D eigenvalue weighted by molar-refractivity contribution is 5.65. The van der Waals surface area contributed by atoms with Crippen molar-refractivity contribution in [3.63, 3.8) is 0 Å². The molecule has 1 spiro atoms. The van der Waals surface area contributed by atoms with Crippen LogP contribution in [0.3, 0.4) is 0 Å². The maximum atomic E-state index is 11.1. The predicted octanol–water partition coefficient (Wildman–Crippen LogP) is 2.83. The van der Waals surface area contributed by atoms with E-state index in [-0.39, 0.29) is 11.5 Å². The van der Waals surface area contributed by atoms with Crippen molar-refractivity contribution in [2.45, 2.75) is 30.8 Å². The van der Waals surface area contributed by atoms with Crippen molar-refractivity contribution < 1.29 is 14.6 Å². The summed E-state index contributed by atoms with van der Waals surface area (Å²) in [5.74, 6) is 0. The summed E-state index contributed by atoms with van der Waals surface area (Å²) in [4.78, 5) is 12.6. The van der Waals surface area contributed by atoms with Gasteiger partial charge in [-0.3, -0.25) is 0 Å². The zero-order chi connectivity index (χ0) is 14.9. The van der Waals surface area contributed by atoms with E-state index in [0.717, 1.165) is 19.3 Å². The summed E-state index contributed by atoms with van der Waals surface area (Å²) in [7, 11) is 0. The highest BCUT2D eigenvalue weighted by Crippen LogP contribution is 2.47. The van der Waals surface area contributed by atoms with E-state index in [4.69, 9.17) is 9.84 Å². The van der Waals surface area contributed by atoms with Crippen molar-refractivity contribution in [3.8, 4) is 0 Å². The number of piperidine rings is 1. The molecular formula is C17H21NO3. The summed E-state index contributed by atoms with van der Waals surface area (Å²) in [5, 5.41) is 9.15. The van der Waals surface area contributed by atoms with Crippen LogP contribution in [0.2, 0.25) is 0 Å². The maximum absolute atomic E-state index is 11.1. The third kappa shape index (κ3) is 2.33. The van der Waals surface area contributed by atoms with Gasteiger partial charge in [0, 0.05) is 18.5 Å². The Morgan fingerprint density at radius 1 is 1.43 bits per heavy atom. The first-order chi connectivity index (χ1) is 10.2. The Morgan fingerprint density at radius 2 is 2.14 bits per heavy atom. The Bertz CT molecular complexity index is 547. The second-order valence-corrected chi connectivity index (χ2v) is 5.90. The van der Waals surface area contributed by atoms with Gasteiger partial charge in [0.05, 0.1) is 12.7 Å². The third-order valence-electron chi connectivity index (χ3n) is 4.92.